The third kappa shape index (κ3) is 5.17. The average molecular weight is 356 g/mol. The molecule has 0 saturated heterocycles. The van der Waals surface area contributed by atoms with Crippen molar-refractivity contribution in [2.75, 3.05) is 26.3 Å². The SMILES string of the molecule is CC(C)N(CCO)CC(O)CO/N=C(\Cl)c1nc2ccccc2o1. The molecule has 7 nitrogen and oxygen atoms in total. The van der Waals surface area contributed by atoms with E-state index in [0.717, 1.165) is 0 Å². The Morgan fingerprint density at radius 3 is 2.83 bits per heavy atom. The van der Waals surface area contributed by atoms with Crippen LogP contribution >= 0.6 is 11.6 Å². The lowest BCUT2D eigenvalue weighted by Gasteiger charge is -2.27. The molecule has 8 heteroatoms. The molecule has 0 saturated carbocycles. The molecule has 1 atom stereocenters. The molecule has 132 valence electrons. The van der Waals surface area contributed by atoms with Crippen LogP contribution in [-0.4, -0.2) is 63.7 Å². The first kappa shape index (κ1) is 18.7. The Bertz CT molecular complexity index is 641. The second-order valence-electron chi connectivity index (χ2n) is 5.63. The molecule has 0 aliphatic rings. The predicted molar refractivity (Wildman–Crippen MR) is 92.2 cm³/mol. The monoisotopic (exact) mass is 355 g/mol. The largest absolute Gasteiger partial charge is 0.434 e. The first-order valence-corrected chi connectivity index (χ1v) is 8.13. The van der Waals surface area contributed by atoms with E-state index in [1.54, 1.807) is 12.1 Å². The Balaban J connectivity index is 1.88. The Labute approximate surface area is 145 Å². The van der Waals surface area contributed by atoms with Gasteiger partial charge in [-0.15, -0.1) is 0 Å². The number of benzene rings is 1. The number of halogens is 1. The van der Waals surface area contributed by atoms with E-state index in [9.17, 15) is 5.11 Å². The highest BCUT2D eigenvalue weighted by Gasteiger charge is 2.15. The molecule has 0 aliphatic carbocycles. The van der Waals surface area contributed by atoms with E-state index in [1.165, 1.54) is 0 Å². The molecule has 1 heterocycles. The van der Waals surface area contributed by atoms with Crippen molar-refractivity contribution in [2.24, 2.45) is 5.16 Å². The summed E-state index contributed by atoms with van der Waals surface area (Å²) in [4.78, 5) is 11.2. The van der Waals surface area contributed by atoms with E-state index in [1.807, 2.05) is 30.9 Å². The summed E-state index contributed by atoms with van der Waals surface area (Å²) in [6, 6.07) is 7.47. The summed E-state index contributed by atoms with van der Waals surface area (Å²) in [7, 11) is 0. The van der Waals surface area contributed by atoms with Crippen molar-refractivity contribution in [3.63, 3.8) is 0 Å². The average Bonchev–Trinajstić information content (AvgIpc) is 2.98. The fraction of sp³-hybridized carbons (Fsp3) is 0.500. The van der Waals surface area contributed by atoms with Gasteiger partial charge in [0.25, 0.3) is 5.89 Å². The summed E-state index contributed by atoms with van der Waals surface area (Å²) in [5.74, 6) is 0.163. The lowest BCUT2D eigenvalue weighted by atomic mass is 10.2. The van der Waals surface area contributed by atoms with Crippen molar-refractivity contribution in [1.82, 2.24) is 9.88 Å². The zero-order chi connectivity index (χ0) is 17.5. The number of hydrogen-bond acceptors (Lipinski definition) is 7. The third-order valence-electron chi connectivity index (χ3n) is 3.44. The fourth-order valence-corrected chi connectivity index (χ4v) is 2.32. The van der Waals surface area contributed by atoms with Gasteiger partial charge in [-0.3, -0.25) is 4.90 Å². The van der Waals surface area contributed by atoms with Crippen LogP contribution in [0, 0.1) is 0 Å². The molecule has 0 radical (unpaired) electrons. The molecule has 1 aromatic carbocycles. The van der Waals surface area contributed by atoms with Crippen LogP contribution in [0.5, 0.6) is 0 Å². The summed E-state index contributed by atoms with van der Waals surface area (Å²) in [5.41, 5.74) is 1.29. The number of hydrogen-bond donors (Lipinski definition) is 2. The normalized spacial score (nSPS) is 13.9. The smallest absolute Gasteiger partial charge is 0.261 e. The second-order valence-corrected chi connectivity index (χ2v) is 5.99. The van der Waals surface area contributed by atoms with E-state index in [-0.39, 0.29) is 30.3 Å². The van der Waals surface area contributed by atoms with Gasteiger partial charge in [0.15, 0.2) is 5.58 Å². The third-order valence-corrected chi connectivity index (χ3v) is 3.68. The lowest BCUT2D eigenvalue weighted by molar-refractivity contribution is 0.0102. The topological polar surface area (TPSA) is 91.3 Å². The van der Waals surface area contributed by atoms with Gasteiger partial charge in [0.05, 0.1) is 6.61 Å². The van der Waals surface area contributed by atoms with Crippen molar-refractivity contribution in [3.8, 4) is 0 Å². The molecule has 0 fully saturated rings. The van der Waals surface area contributed by atoms with Gasteiger partial charge in [-0.1, -0.05) is 28.9 Å². The van der Waals surface area contributed by atoms with Crippen molar-refractivity contribution < 1.29 is 19.5 Å². The summed E-state index contributed by atoms with van der Waals surface area (Å²) in [5, 5.41) is 22.7. The Hall–Kier alpha value is -1.67. The molecule has 2 rings (SSSR count). The molecule has 1 aromatic heterocycles. The number of rotatable bonds is 9. The first-order chi connectivity index (χ1) is 11.5. The van der Waals surface area contributed by atoms with Crippen molar-refractivity contribution >= 4 is 27.9 Å². The molecular formula is C16H22ClN3O4. The standard InChI is InChI=1S/C16H22ClN3O4/c1-11(2)20(7-8-21)9-12(22)10-23-19-15(17)16-18-13-5-3-4-6-14(13)24-16/h3-6,11-12,21-22H,7-10H2,1-2H3/b19-15-. The molecule has 0 amide bonds. The highest BCUT2D eigenvalue weighted by atomic mass is 35.5. The van der Waals surface area contributed by atoms with Crippen LogP contribution < -0.4 is 0 Å². The molecule has 1 unspecified atom stereocenters. The van der Waals surface area contributed by atoms with E-state index in [2.05, 4.69) is 10.1 Å². The zero-order valence-electron chi connectivity index (χ0n) is 13.7. The van der Waals surface area contributed by atoms with Gasteiger partial charge in [0, 0.05) is 19.1 Å². The predicted octanol–water partition coefficient (Wildman–Crippen LogP) is 1.81. The van der Waals surface area contributed by atoms with Gasteiger partial charge in [0.2, 0.25) is 5.17 Å². The van der Waals surface area contributed by atoms with Crippen molar-refractivity contribution in [1.29, 1.82) is 0 Å². The summed E-state index contributed by atoms with van der Waals surface area (Å²) >= 11 is 6.01. The van der Waals surface area contributed by atoms with Crippen LogP contribution in [0.4, 0.5) is 0 Å². The van der Waals surface area contributed by atoms with Gasteiger partial charge in [-0.05, 0) is 26.0 Å². The maximum atomic E-state index is 9.99. The molecule has 0 aliphatic heterocycles. The first-order valence-electron chi connectivity index (χ1n) is 7.75. The minimum atomic E-state index is -0.754. The van der Waals surface area contributed by atoms with E-state index in [4.69, 9.17) is 26.0 Å². The van der Waals surface area contributed by atoms with Gasteiger partial charge >= 0.3 is 0 Å². The van der Waals surface area contributed by atoms with Crippen LogP contribution in [0.3, 0.4) is 0 Å². The zero-order valence-corrected chi connectivity index (χ0v) is 14.5. The maximum Gasteiger partial charge on any atom is 0.261 e. The Morgan fingerprint density at radius 1 is 1.42 bits per heavy atom. The second kappa shape index (κ2) is 8.98. The molecule has 0 spiro atoms. The number of para-hydroxylation sites is 2. The minimum Gasteiger partial charge on any atom is -0.434 e. The summed E-state index contributed by atoms with van der Waals surface area (Å²) in [6.45, 7) is 4.85. The van der Waals surface area contributed by atoms with Crippen LogP contribution in [0.15, 0.2) is 33.8 Å². The summed E-state index contributed by atoms with van der Waals surface area (Å²) in [6.07, 6.45) is -0.754. The molecule has 24 heavy (non-hydrogen) atoms. The number of fused-ring (bicyclic) bond motifs is 1. The van der Waals surface area contributed by atoms with Gasteiger partial charge in [-0.2, -0.15) is 0 Å². The quantitative estimate of drug-likeness (QED) is 0.526. The number of oxime groups is 1. The number of aromatic nitrogens is 1. The number of oxazole rings is 1. The highest BCUT2D eigenvalue weighted by molar-refractivity contribution is 6.68. The molecule has 2 aromatic rings. The molecular weight excluding hydrogens is 334 g/mol. The van der Waals surface area contributed by atoms with Crippen LogP contribution in [0.1, 0.15) is 19.7 Å². The fourth-order valence-electron chi connectivity index (χ4n) is 2.19. The van der Waals surface area contributed by atoms with Crippen molar-refractivity contribution in [2.45, 2.75) is 26.0 Å². The number of aliphatic hydroxyl groups is 2. The van der Waals surface area contributed by atoms with E-state index in [0.29, 0.717) is 24.2 Å². The maximum absolute atomic E-state index is 9.99. The Kier molecular flexibility index (Phi) is 6.99. The molecule has 2 N–H and O–H groups in total. The van der Waals surface area contributed by atoms with Gasteiger partial charge < -0.3 is 19.5 Å². The van der Waals surface area contributed by atoms with Gasteiger partial charge in [-0.25, -0.2) is 4.98 Å². The highest BCUT2D eigenvalue weighted by Crippen LogP contribution is 2.16. The van der Waals surface area contributed by atoms with Crippen molar-refractivity contribution in [3.05, 3.63) is 30.2 Å². The minimum absolute atomic E-state index is 0.0190. The number of aliphatic hydroxyl groups excluding tert-OH is 2. The van der Waals surface area contributed by atoms with Crippen LogP contribution in [-0.2, 0) is 4.84 Å². The summed E-state index contributed by atoms with van der Waals surface area (Å²) < 4.78 is 5.46. The molecule has 0 bridgehead atoms. The van der Waals surface area contributed by atoms with E-state index < -0.39 is 6.10 Å². The number of nitrogens with zero attached hydrogens (tertiary/aromatic N) is 3. The Morgan fingerprint density at radius 2 is 2.17 bits per heavy atom. The van der Waals surface area contributed by atoms with Crippen LogP contribution in [0.2, 0.25) is 0 Å². The lowest BCUT2D eigenvalue weighted by Crippen LogP contribution is -2.40. The van der Waals surface area contributed by atoms with Gasteiger partial charge in [0.1, 0.15) is 18.2 Å². The van der Waals surface area contributed by atoms with E-state index >= 15 is 0 Å². The van der Waals surface area contributed by atoms with Crippen LogP contribution in [0.25, 0.3) is 11.1 Å².